The summed E-state index contributed by atoms with van der Waals surface area (Å²) in [6.45, 7) is 7.89. The molecule has 0 aromatic rings. The predicted octanol–water partition coefficient (Wildman–Crippen LogP) is 3.50. The molecular formula is C14H29NO. The van der Waals surface area contributed by atoms with Gasteiger partial charge in [0, 0.05) is 12.6 Å². The fourth-order valence-corrected chi connectivity index (χ4v) is 2.54. The Hall–Kier alpha value is -0.0800. The molecule has 0 bridgehead atoms. The largest absolute Gasteiger partial charge is 0.379 e. The van der Waals surface area contributed by atoms with Gasteiger partial charge in [-0.05, 0) is 52.5 Å². The number of rotatable bonds is 5. The van der Waals surface area contributed by atoms with Crippen LogP contribution in [0.25, 0.3) is 0 Å². The van der Waals surface area contributed by atoms with E-state index in [-0.39, 0.29) is 5.60 Å². The summed E-state index contributed by atoms with van der Waals surface area (Å²) < 4.78 is 5.52. The second-order valence-electron chi connectivity index (χ2n) is 5.84. The summed E-state index contributed by atoms with van der Waals surface area (Å²) in [4.78, 5) is 0. The quantitative estimate of drug-likeness (QED) is 0.776. The van der Waals surface area contributed by atoms with Crippen molar-refractivity contribution < 1.29 is 4.74 Å². The zero-order valence-corrected chi connectivity index (χ0v) is 11.6. The van der Waals surface area contributed by atoms with Crippen LogP contribution in [0.2, 0.25) is 0 Å². The van der Waals surface area contributed by atoms with Crippen LogP contribution in [0.15, 0.2) is 0 Å². The first-order valence-corrected chi connectivity index (χ1v) is 6.84. The van der Waals surface area contributed by atoms with Crippen molar-refractivity contribution in [3.05, 3.63) is 0 Å². The average molecular weight is 227 g/mol. The molecule has 1 rings (SSSR count). The molecule has 1 atom stereocenters. The fraction of sp³-hybridized carbons (Fsp3) is 1.00. The maximum atomic E-state index is 5.52. The molecule has 96 valence electrons. The topological polar surface area (TPSA) is 21.3 Å². The number of methoxy groups -OCH3 is 1. The van der Waals surface area contributed by atoms with E-state index in [1.165, 1.54) is 45.1 Å². The van der Waals surface area contributed by atoms with Gasteiger partial charge in [0.25, 0.3) is 0 Å². The zero-order valence-electron chi connectivity index (χ0n) is 11.6. The average Bonchev–Trinajstić information content (AvgIpc) is 2.53. The van der Waals surface area contributed by atoms with Crippen LogP contribution in [0.1, 0.15) is 65.7 Å². The highest BCUT2D eigenvalue weighted by molar-refractivity contribution is 4.90. The Balaban J connectivity index is 2.51. The van der Waals surface area contributed by atoms with E-state index in [9.17, 15) is 0 Å². The Bertz CT molecular complexity index is 193. The molecule has 2 nitrogen and oxygen atoms in total. The minimum absolute atomic E-state index is 0.0240. The predicted molar refractivity (Wildman–Crippen MR) is 69.8 cm³/mol. The summed E-state index contributed by atoms with van der Waals surface area (Å²) in [6, 6.07) is 0. The molecule has 0 aromatic heterocycles. The van der Waals surface area contributed by atoms with E-state index in [1.54, 1.807) is 0 Å². The third kappa shape index (κ3) is 4.06. The van der Waals surface area contributed by atoms with Gasteiger partial charge in [-0.1, -0.05) is 19.8 Å². The van der Waals surface area contributed by atoms with E-state index < -0.39 is 0 Å². The molecule has 1 aliphatic rings. The lowest BCUT2D eigenvalue weighted by molar-refractivity contribution is 0.00641. The minimum atomic E-state index is 0.0240. The van der Waals surface area contributed by atoms with Crippen LogP contribution in [0.5, 0.6) is 0 Å². The highest BCUT2D eigenvalue weighted by atomic mass is 16.5. The second kappa shape index (κ2) is 6.02. The van der Waals surface area contributed by atoms with Gasteiger partial charge in [0.2, 0.25) is 0 Å². The van der Waals surface area contributed by atoms with Crippen LogP contribution < -0.4 is 5.32 Å². The zero-order chi connectivity index (χ0) is 12.1. The van der Waals surface area contributed by atoms with Gasteiger partial charge in [-0.25, -0.2) is 0 Å². The molecule has 0 amide bonds. The van der Waals surface area contributed by atoms with Crippen molar-refractivity contribution in [2.24, 2.45) is 0 Å². The molecule has 1 aliphatic heterocycles. The summed E-state index contributed by atoms with van der Waals surface area (Å²) in [5.41, 5.74) is 0.405. The summed E-state index contributed by atoms with van der Waals surface area (Å²) in [5.74, 6) is 0. The number of hydrogen-bond acceptors (Lipinski definition) is 2. The molecule has 0 radical (unpaired) electrons. The van der Waals surface area contributed by atoms with Crippen molar-refractivity contribution in [3.8, 4) is 0 Å². The van der Waals surface area contributed by atoms with Crippen LogP contribution >= 0.6 is 0 Å². The highest BCUT2D eigenvalue weighted by Crippen LogP contribution is 2.30. The van der Waals surface area contributed by atoms with E-state index in [0.717, 1.165) is 6.42 Å². The molecule has 0 spiro atoms. The van der Waals surface area contributed by atoms with Crippen LogP contribution in [-0.4, -0.2) is 24.8 Å². The molecule has 1 heterocycles. The fourth-order valence-electron chi connectivity index (χ4n) is 2.54. The molecule has 1 unspecified atom stereocenters. The molecule has 16 heavy (non-hydrogen) atoms. The van der Waals surface area contributed by atoms with Gasteiger partial charge in [-0.15, -0.1) is 0 Å². The standard InChI is InChI=1S/C14H29NO/c1-5-14(9-7-6-8-12-15-14)11-10-13(2,3)16-4/h15H,5-12H2,1-4H3. The van der Waals surface area contributed by atoms with Crippen LogP contribution in [-0.2, 0) is 4.74 Å². The SMILES string of the molecule is CCC1(CCC(C)(C)OC)CCCCCN1. The number of nitrogens with one attached hydrogen (secondary N) is 1. The van der Waals surface area contributed by atoms with E-state index in [2.05, 4.69) is 26.1 Å². The van der Waals surface area contributed by atoms with E-state index in [4.69, 9.17) is 4.74 Å². The lowest BCUT2D eigenvalue weighted by atomic mass is 9.83. The van der Waals surface area contributed by atoms with Gasteiger partial charge in [0.15, 0.2) is 0 Å². The summed E-state index contributed by atoms with van der Waals surface area (Å²) in [5, 5.41) is 3.79. The van der Waals surface area contributed by atoms with E-state index in [0.29, 0.717) is 5.54 Å². The van der Waals surface area contributed by atoms with Gasteiger partial charge in [-0.2, -0.15) is 0 Å². The summed E-state index contributed by atoms with van der Waals surface area (Å²) in [6.07, 6.45) is 9.08. The van der Waals surface area contributed by atoms with Crippen LogP contribution in [0, 0.1) is 0 Å². The van der Waals surface area contributed by atoms with Crippen molar-refractivity contribution in [1.82, 2.24) is 5.32 Å². The van der Waals surface area contributed by atoms with Gasteiger partial charge >= 0.3 is 0 Å². The molecule has 1 N–H and O–H groups in total. The first kappa shape index (κ1) is 14.0. The van der Waals surface area contributed by atoms with Crippen molar-refractivity contribution >= 4 is 0 Å². The Kier molecular flexibility index (Phi) is 5.26. The van der Waals surface area contributed by atoms with Gasteiger partial charge < -0.3 is 10.1 Å². The minimum Gasteiger partial charge on any atom is -0.379 e. The third-order valence-electron chi connectivity index (χ3n) is 4.27. The molecule has 2 heteroatoms. The Morgan fingerprint density at radius 2 is 2.00 bits per heavy atom. The van der Waals surface area contributed by atoms with Crippen molar-refractivity contribution in [3.63, 3.8) is 0 Å². The third-order valence-corrected chi connectivity index (χ3v) is 4.27. The van der Waals surface area contributed by atoms with Crippen molar-refractivity contribution in [2.45, 2.75) is 76.9 Å². The second-order valence-corrected chi connectivity index (χ2v) is 5.84. The van der Waals surface area contributed by atoms with Gasteiger partial charge in [-0.3, -0.25) is 0 Å². The van der Waals surface area contributed by atoms with E-state index >= 15 is 0 Å². The Morgan fingerprint density at radius 3 is 2.62 bits per heavy atom. The van der Waals surface area contributed by atoms with Gasteiger partial charge in [0.05, 0.1) is 5.60 Å². The smallest absolute Gasteiger partial charge is 0.0623 e. The molecule has 0 aromatic carbocycles. The normalized spacial score (nSPS) is 27.8. The maximum Gasteiger partial charge on any atom is 0.0623 e. The maximum absolute atomic E-state index is 5.52. The first-order chi connectivity index (χ1) is 7.54. The summed E-state index contributed by atoms with van der Waals surface area (Å²) >= 11 is 0. The van der Waals surface area contributed by atoms with Gasteiger partial charge in [0.1, 0.15) is 0 Å². The lowest BCUT2D eigenvalue weighted by Gasteiger charge is -2.36. The highest BCUT2D eigenvalue weighted by Gasteiger charge is 2.30. The Morgan fingerprint density at radius 1 is 1.25 bits per heavy atom. The van der Waals surface area contributed by atoms with Crippen LogP contribution in [0.3, 0.4) is 0 Å². The van der Waals surface area contributed by atoms with E-state index in [1.807, 2.05) is 7.11 Å². The lowest BCUT2D eigenvalue weighted by Crippen LogP contribution is -2.45. The monoisotopic (exact) mass is 227 g/mol. The summed E-state index contributed by atoms with van der Waals surface area (Å²) in [7, 11) is 1.82. The van der Waals surface area contributed by atoms with Crippen LogP contribution in [0.4, 0.5) is 0 Å². The number of ether oxygens (including phenoxy) is 1. The molecule has 1 fully saturated rings. The van der Waals surface area contributed by atoms with Crippen molar-refractivity contribution in [2.75, 3.05) is 13.7 Å². The first-order valence-electron chi connectivity index (χ1n) is 6.84. The van der Waals surface area contributed by atoms with Crippen molar-refractivity contribution in [1.29, 1.82) is 0 Å². The Labute approximate surface area is 101 Å². The molecule has 0 aliphatic carbocycles. The number of hydrogen-bond donors (Lipinski definition) is 1. The molecule has 0 saturated carbocycles. The molecule has 1 saturated heterocycles. The molecular weight excluding hydrogens is 198 g/mol.